The highest BCUT2D eigenvalue weighted by molar-refractivity contribution is 5.75. The van der Waals surface area contributed by atoms with E-state index in [-0.39, 0.29) is 12.2 Å². The second-order valence-electron chi connectivity index (χ2n) is 4.19. The van der Waals surface area contributed by atoms with E-state index < -0.39 is 5.97 Å². The smallest absolute Gasteiger partial charge is 0.303 e. The summed E-state index contributed by atoms with van der Waals surface area (Å²) in [5, 5.41) is 8.47. The average Bonchev–Trinajstić information content (AvgIpc) is 2.33. The molecule has 4 nitrogen and oxygen atoms in total. The highest BCUT2D eigenvalue weighted by atomic mass is 16.5. The van der Waals surface area contributed by atoms with Crippen LogP contribution in [0.1, 0.15) is 31.7 Å². The number of carboxylic acids is 1. The average molecular weight is 250 g/mol. The Bertz CT molecular complexity index is 395. The second kappa shape index (κ2) is 7.48. The van der Waals surface area contributed by atoms with E-state index >= 15 is 0 Å². The van der Waals surface area contributed by atoms with Gasteiger partial charge in [0.05, 0.1) is 6.61 Å². The van der Waals surface area contributed by atoms with Crippen LogP contribution in [0.3, 0.4) is 0 Å². The van der Waals surface area contributed by atoms with Gasteiger partial charge in [0.25, 0.3) is 0 Å². The number of ketones is 1. The van der Waals surface area contributed by atoms with Gasteiger partial charge in [0.1, 0.15) is 11.5 Å². The summed E-state index contributed by atoms with van der Waals surface area (Å²) in [6.07, 6.45) is 1.92. The second-order valence-corrected chi connectivity index (χ2v) is 4.19. The Kier molecular flexibility index (Phi) is 5.91. The van der Waals surface area contributed by atoms with Crippen LogP contribution < -0.4 is 4.74 Å². The van der Waals surface area contributed by atoms with Gasteiger partial charge in [-0.15, -0.1) is 0 Å². The largest absolute Gasteiger partial charge is 0.494 e. The van der Waals surface area contributed by atoms with E-state index in [1.54, 1.807) is 6.92 Å². The Hall–Kier alpha value is -1.84. The first-order valence-corrected chi connectivity index (χ1v) is 6.01. The number of hydrogen-bond donors (Lipinski definition) is 1. The van der Waals surface area contributed by atoms with Crippen molar-refractivity contribution in [1.82, 2.24) is 0 Å². The molecule has 1 aromatic rings. The molecule has 0 saturated heterocycles. The summed E-state index contributed by atoms with van der Waals surface area (Å²) >= 11 is 0. The number of carbonyl (C=O) groups excluding carboxylic acids is 1. The van der Waals surface area contributed by atoms with Crippen LogP contribution in [0.15, 0.2) is 24.3 Å². The topological polar surface area (TPSA) is 63.6 Å². The lowest BCUT2D eigenvalue weighted by molar-refractivity contribution is -0.137. The molecule has 0 spiro atoms. The van der Waals surface area contributed by atoms with E-state index in [9.17, 15) is 9.59 Å². The first kappa shape index (κ1) is 14.2. The van der Waals surface area contributed by atoms with Crippen LogP contribution in [0.5, 0.6) is 5.75 Å². The van der Waals surface area contributed by atoms with Gasteiger partial charge in [-0.1, -0.05) is 12.1 Å². The fourth-order valence-electron chi connectivity index (χ4n) is 1.49. The minimum Gasteiger partial charge on any atom is -0.494 e. The van der Waals surface area contributed by atoms with Gasteiger partial charge in [0.15, 0.2) is 0 Å². The Morgan fingerprint density at radius 2 is 1.83 bits per heavy atom. The van der Waals surface area contributed by atoms with Gasteiger partial charge in [-0.2, -0.15) is 0 Å². The zero-order chi connectivity index (χ0) is 13.4. The van der Waals surface area contributed by atoms with Gasteiger partial charge >= 0.3 is 5.97 Å². The maximum absolute atomic E-state index is 10.8. The lowest BCUT2D eigenvalue weighted by atomic mass is 10.1. The molecule has 0 fully saturated rings. The van der Waals surface area contributed by atoms with Crippen molar-refractivity contribution in [2.24, 2.45) is 0 Å². The number of carbonyl (C=O) groups is 2. The van der Waals surface area contributed by atoms with E-state index in [1.807, 2.05) is 24.3 Å². The van der Waals surface area contributed by atoms with Gasteiger partial charge < -0.3 is 14.6 Å². The number of Topliss-reactive ketones (excluding diaryl/α,β-unsaturated/α-hetero) is 1. The number of rotatable bonds is 8. The molecule has 0 bridgehead atoms. The summed E-state index contributed by atoms with van der Waals surface area (Å²) < 4.78 is 5.41. The first-order chi connectivity index (χ1) is 8.58. The van der Waals surface area contributed by atoms with Crippen LogP contribution in [-0.2, 0) is 16.0 Å². The Morgan fingerprint density at radius 3 is 2.39 bits per heavy atom. The highest BCUT2D eigenvalue weighted by Crippen LogP contribution is 2.14. The monoisotopic (exact) mass is 250 g/mol. The summed E-state index contributed by atoms with van der Waals surface area (Å²) in [5.41, 5.74) is 1.10. The highest BCUT2D eigenvalue weighted by Gasteiger charge is 2.00. The van der Waals surface area contributed by atoms with Crippen molar-refractivity contribution in [2.45, 2.75) is 32.6 Å². The number of benzene rings is 1. The van der Waals surface area contributed by atoms with Crippen LogP contribution in [-0.4, -0.2) is 23.5 Å². The van der Waals surface area contributed by atoms with Crippen LogP contribution in [0.25, 0.3) is 0 Å². The zero-order valence-corrected chi connectivity index (χ0v) is 10.5. The third kappa shape index (κ3) is 6.03. The maximum Gasteiger partial charge on any atom is 0.303 e. The van der Waals surface area contributed by atoms with Crippen molar-refractivity contribution in [3.05, 3.63) is 29.8 Å². The number of aryl methyl sites for hydroxylation is 1. The summed E-state index contributed by atoms with van der Waals surface area (Å²) in [6.45, 7) is 1.99. The van der Waals surface area contributed by atoms with Gasteiger partial charge in [0.2, 0.25) is 0 Å². The minimum absolute atomic E-state index is 0.122. The fourth-order valence-corrected chi connectivity index (χ4v) is 1.49. The molecule has 0 saturated carbocycles. The van der Waals surface area contributed by atoms with Gasteiger partial charge in [-0.3, -0.25) is 4.79 Å². The molecule has 0 heterocycles. The molecule has 0 amide bonds. The molecule has 0 aromatic heterocycles. The van der Waals surface area contributed by atoms with E-state index in [2.05, 4.69) is 0 Å². The predicted molar refractivity (Wildman–Crippen MR) is 67.8 cm³/mol. The molecule has 0 unspecified atom stereocenters. The first-order valence-electron chi connectivity index (χ1n) is 6.01. The van der Waals surface area contributed by atoms with Crippen molar-refractivity contribution in [3.63, 3.8) is 0 Å². The summed E-state index contributed by atoms with van der Waals surface area (Å²) in [7, 11) is 0. The molecule has 0 atom stereocenters. The lowest BCUT2D eigenvalue weighted by Crippen LogP contribution is -2.02. The number of ether oxygens (including phenoxy) is 1. The van der Waals surface area contributed by atoms with Gasteiger partial charge in [0, 0.05) is 12.8 Å². The van der Waals surface area contributed by atoms with E-state index in [0.717, 1.165) is 17.7 Å². The normalized spacial score (nSPS) is 10.1. The molecule has 0 radical (unpaired) electrons. The van der Waals surface area contributed by atoms with Crippen LogP contribution >= 0.6 is 0 Å². The van der Waals surface area contributed by atoms with E-state index in [4.69, 9.17) is 9.84 Å². The molecular weight excluding hydrogens is 232 g/mol. The van der Waals surface area contributed by atoms with Crippen molar-refractivity contribution >= 4 is 11.8 Å². The van der Waals surface area contributed by atoms with Crippen molar-refractivity contribution in [2.75, 3.05) is 6.61 Å². The molecule has 18 heavy (non-hydrogen) atoms. The Labute approximate surface area is 107 Å². The SMILES string of the molecule is CC(=O)CCc1ccc(OCCCC(=O)O)cc1. The van der Waals surface area contributed by atoms with E-state index in [1.165, 1.54) is 0 Å². The third-order valence-corrected chi connectivity index (χ3v) is 2.49. The van der Waals surface area contributed by atoms with Crippen molar-refractivity contribution in [1.29, 1.82) is 0 Å². The van der Waals surface area contributed by atoms with E-state index in [0.29, 0.717) is 19.4 Å². The summed E-state index contributed by atoms with van der Waals surface area (Å²) in [5.74, 6) is 0.106. The Morgan fingerprint density at radius 1 is 1.17 bits per heavy atom. The minimum atomic E-state index is -0.807. The molecule has 0 aliphatic rings. The molecule has 4 heteroatoms. The zero-order valence-electron chi connectivity index (χ0n) is 10.5. The fraction of sp³-hybridized carbons (Fsp3) is 0.429. The standard InChI is InChI=1S/C14H18O4/c1-11(15)4-5-12-6-8-13(9-7-12)18-10-2-3-14(16)17/h6-9H,2-5,10H2,1H3,(H,16,17). The van der Waals surface area contributed by atoms with Crippen LogP contribution in [0, 0.1) is 0 Å². The quantitative estimate of drug-likeness (QED) is 0.720. The molecule has 0 aliphatic heterocycles. The van der Waals surface area contributed by atoms with Gasteiger partial charge in [-0.25, -0.2) is 0 Å². The molecule has 0 aliphatic carbocycles. The van der Waals surface area contributed by atoms with Gasteiger partial charge in [-0.05, 0) is 37.5 Å². The van der Waals surface area contributed by atoms with Crippen molar-refractivity contribution < 1.29 is 19.4 Å². The molecule has 98 valence electrons. The summed E-state index contributed by atoms with van der Waals surface area (Å²) in [4.78, 5) is 21.1. The molecule has 1 rings (SSSR count). The molecule has 1 N–H and O–H groups in total. The lowest BCUT2D eigenvalue weighted by Gasteiger charge is -2.06. The number of hydrogen-bond acceptors (Lipinski definition) is 3. The molecule has 1 aromatic carbocycles. The third-order valence-electron chi connectivity index (χ3n) is 2.49. The predicted octanol–water partition coefficient (Wildman–Crippen LogP) is 2.45. The number of aliphatic carboxylic acids is 1. The maximum atomic E-state index is 10.8. The molecular formula is C14H18O4. The summed E-state index contributed by atoms with van der Waals surface area (Å²) in [6, 6.07) is 7.54. The van der Waals surface area contributed by atoms with Crippen LogP contribution in [0.4, 0.5) is 0 Å². The Balaban J connectivity index is 2.31. The van der Waals surface area contributed by atoms with Crippen LogP contribution in [0.2, 0.25) is 0 Å². The van der Waals surface area contributed by atoms with Crippen molar-refractivity contribution in [3.8, 4) is 5.75 Å². The number of carboxylic acid groups (broad SMARTS) is 1.